The van der Waals surface area contributed by atoms with Crippen molar-refractivity contribution in [1.82, 2.24) is 0 Å². The Morgan fingerprint density at radius 1 is 1.29 bits per heavy atom. The average Bonchev–Trinajstić information content (AvgIpc) is 2.25. The molecule has 0 aliphatic carbocycles. The second-order valence-electron chi connectivity index (χ2n) is 3.93. The number of aldehydes is 1. The molecule has 0 aliphatic rings. The number of hydrogen-bond donors (Lipinski definition) is 0. The van der Waals surface area contributed by atoms with E-state index in [1.807, 2.05) is 6.92 Å². The second-order valence-corrected chi connectivity index (χ2v) is 3.93. The van der Waals surface area contributed by atoms with E-state index in [2.05, 4.69) is 0 Å². The van der Waals surface area contributed by atoms with Crippen LogP contribution < -0.4 is 0 Å². The third-order valence-electron chi connectivity index (χ3n) is 2.91. The van der Waals surface area contributed by atoms with Crippen LogP contribution in [0.5, 0.6) is 0 Å². The van der Waals surface area contributed by atoms with Crippen molar-refractivity contribution in [1.29, 1.82) is 0 Å². The molecule has 0 fully saturated rings. The van der Waals surface area contributed by atoms with E-state index in [1.54, 1.807) is 6.92 Å². The van der Waals surface area contributed by atoms with Crippen molar-refractivity contribution < 1.29 is 18.0 Å². The molecule has 0 heterocycles. The molecule has 0 unspecified atom stereocenters. The molecule has 0 saturated heterocycles. The van der Waals surface area contributed by atoms with Crippen molar-refractivity contribution in [3.05, 3.63) is 34.4 Å². The molecule has 1 aromatic rings. The largest absolute Gasteiger partial charge is 0.416 e. The van der Waals surface area contributed by atoms with E-state index < -0.39 is 11.7 Å². The molecule has 0 radical (unpaired) electrons. The van der Waals surface area contributed by atoms with Gasteiger partial charge in [0.25, 0.3) is 0 Å². The zero-order valence-corrected chi connectivity index (χ0v) is 9.90. The Bertz CT molecular complexity index is 408. The predicted octanol–water partition coefficient (Wildman–Crippen LogP) is 3.71. The van der Waals surface area contributed by atoms with Crippen LogP contribution in [-0.4, -0.2) is 6.29 Å². The van der Waals surface area contributed by atoms with Crippen LogP contribution in [0.4, 0.5) is 13.2 Å². The number of alkyl halides is 3. The predicted molar refractivity (Wildman–Crippen MR) is 59.9 cm³/mol. The van der Waals surface area contributed by atoms with Gasteiger partial charge in [-0.1, -0.05) is 13.0 Å². The Labute approximate surface area is 98.6 Å². The van der Waals surface area contributed by atoms with Crippen LogP contribution in [0.1, 0.15) is 35.6 Å². The van der Waals surface area contributed by atoms with Gasteiger partial charge in [-0.15, -0.1) is 0 Å². The lowest BCUT2D eigenvalue weighted by molar-refractivity contribution is -0.138. The third kappa shape index (κ3) is 3.08. The number of carbonyl (C=O) groups excluding carboxylic acids is 1. The van der Waals surface area contributed by atoms with Gasteiger partial charge in [-0.25, -0.2) is 0 Å². The van der Waals surface area contributed by atoms with Crippen molar-refractivity contribution >= 4 is 6.29 Å². The van der Waals surface area contributed by atoms with Crippen LogP contribution in [0.15, 0.2) is 12.1 Å². The molecular weight excluding hydrogens is 229 g/mol. The minimum absolute atomic E-state index is 0.122. The number of rotatable bonds is 4. The maximum atomic E-state index is 12.8. The van der Waals surface area contributed by atoms with Crippen LogP contribution in [0, 0.1) is 6.92 Å². The fraction of sp³-hybridized carbons (Fsp3) is 0.462. The van der Waals surface area contributed by atoms with Gasteiger partial charge < -0.3 is 4.79 Å². The normalized spacial score (nSPS) is 11.6. The van der Waals surface area contributed by atoms with Gasteiger partial charge in [-0.2, -0.15) is 13.2 Å². The van der Waals surface area contributed by atoms with E-state index in [-0.39, 0.29) is 18.4 Å². The standard InChI is InChI=1S/C13H15F3O/c1-3-10-6-7-12(13(14,15)16)11(9(10)2)5-4-8-17/h6-8H,3-5H2,1-2H3. The third-order valence-corrected chi connectivity index (χ3v) is 2.91. The molecule has 0 N–H and O–H groups in total. The van der Waals surface area contributed by atoms with Gasteiger partial charge in [-0.05, 0) is 42.5 Å². The number of hydrogen-bond acceptors (Lipinski definition) is 1. The van der Waals surface area contributed by atoms with E-state index in [1.165, 1.54) is 6.07 Å². The van der Waals surface area contributed by atoms with Gasteiger partial charge in [0.2, 0.25) is 0 Å². The Hall–Kier alpha value is -1.32. The molecule has 0 atom stereocenters. The Morgan fingerprint density at radius 2 is 1.94 bits per heavy atom. The van der Waals surface area contributed by atoms with Gasteiger partial charge in [0.15, 0.2) is 0 Å². The summed E-state index contributed by atoms with van der Waals surface area (Å²) in [6.45, 7) is 3.59. The first kappa shape index (κ1) is 13.7. The van der Waals surface area contributed by atoms with Gasteiger partial charge in [0.05, 0.1) is 5.56 Å². The van der Waals surface area contributed by atoms with E-state index in [0.717, 1.165) is 11.6 Å². The van der Waals surface area contributed by atoms with Crippen LogP contribution in [-0.2, 0) is 23.8 Å². The van der Waals surface area contributed by atoms with Crippen LogP contribution >= 0.6 is 0 Å². The quantitative estimate of drug-likeness (QED) is 0.738. The summed E-state index contributed by atoms with van der Waals surface area (Å²) in [6.07, 6.45) is -2.74. The maximum absolute atomic E-state index is 12.8. The SMILES string of the molecule is CCc1ccc(C(F)(F)F)c(CCC=O)c1C. The highest BCUT2D eigenvalue weighted by atomic mass is 19.4. The van der Waals surface area contributed by atoms with Gasteiger partial charge in [0, 0.05) is 6.42 Å². The minimum Gasteiger partial charge on any atom is -0.303 e. The van der Waals surface area contributed by atoms with Crippen molar-refractivity contribution in [2.45, 2.75) is 39.3 Å². The van der Waals surface area contributed by atoms with E-state index in [9.17, 15) is 18.0 Å². The summed E-state index contributed by atoms with van der Waals surface area (Å²) in [4.78, 5) is 10.3. The van der Waals surface area contributed by atoms with E-state index in [4.69, 9.17) is 0 Å². The fourth-order valence-corrected chi connectivity index (χ4v) is 1.98. The van der Waals surface area contributed by atoms with Gasteiger partial charge in [-0.3, -0.25) is 0 Å². The first-order valence-corrected chi connectivity index (χ1v) is 5.54. The summed E-state index contributed by atoms with van der Waals surface area (Å²) in [5, 5.41) is 0. The number of halogens is 3. The average molecular weight is 244 g/mol. The van der Waals surface area contributed by atoms with Crippen LogP contribution in [0.3, 0.4) is 0 Å². The first-order valence-electron chi connectivity index (χ1n) is 5.54. The van der Waals surface area contributed by atoms with Crippen molar-refractivity contribution in [3.8, 4) is 0 Å². The first-order chi connectivity index (χ1) is 7.91. The van der Waals surface area contributed by atoms with Crippen molar-refractivity contribution in [2.75, 3.05) is 0 Å². The molecule has 0 aromatic heterocycles. The highest BCUT2D eigenvalue weighted by Gasteiger charge is 2.33. The summed E-state index contributed by atoms with van der Waals surface area (Å²) in [7, 11) is 0. The molecular formula is C13H15F3O. The number of benzene rings is 1. The number of carbonyl (C=O) groups is 1. The maximum Gasteiger partial charge on any atom is 0.416 e. The van der Waals surface area contributed by atoms with Crippen LogP contribution in [0.2, 0.25) is 0 Å². The minimum atomic E-state index is -4.35. The smallest absolute Gasteiger partial charge is 0.303 e. The lowest BCUT2D eigenvalue weighted by atomic mass is 9.92. The monoisotopic (exact) mass is 244 g/mol. The van der Waals surface area contributed by atoms with E-state index in [0.29, 0.717) is 18.3 Å². The Morgan fingerprint density at radius 3 is 2.41 bits per heavy atom. The zero-order chi connectivity index (χ0) is 13.1. The molecule has 1 nitrogen and oxygen atoms in total. The summed E-state index contributed by atoms with van der Waals surface area (Å²) in [5.74, 6) is 0. The summed E-state index contributed by atoms with van der Waals surface area (Å²) < 4.78 is 38.4. The van der Waals surface area contributed by atoms with Gasteiger partial charge in [0.1, 0.15) is 6.29 Å². The zero-order valence-electron chi connectivity index (χ0n) is 9.90. The number of aryl methyl sites for hydroxylation is 1. The van der Waals surface area contributed by atoms with E-state index >= 15 is 0 Å². The molecule has 17 heavy (non-hydrogen) atoms. The topological polar surface area (TPSA) is 17.1 Å². The molecule has 0 saturated carbocycles. The van der Waals surface area contributed by atoms with Crippen molar-refractivity contribution in [2.24, 2.45) is 0 Å². The molecule has 1 aromatic carbocycles. The molecule has 0 amide bonds. The Balaban J connectivity index is 3.30. The lowest BCUT2D eigenvalue weighted by Gasteiger charge is -2.17. The van der Waals surface area contributed by atoms with Crippen LogP contribution in [0.25, 0.3) is 0 Å². The molecule has 4 heteroatoms. The molecule has 0 spiro atoms. The molecule has 0 aliphatic heterocycles. The van der Waals surface area contributed by atoms with Gasteiger partial charge >= 0.3 is 6.18 Å². The fourth-order valence-electron chi connectivity index (χ4n) is 1.98. The molecule has 94 valence electrons. The molecule has 1 rings (SSSR count). The molecule has 0 bridgehead atoms. The summed E-state index contributed by atoms with van der Waals surface area (Å²) in [5.41, 5.74) is 1.20. The summed E-state index contributed by atoms with van der Waals surface area (Å²) in [6, 6.07) is 2.63. The summed E-state index contributed by atoms with van der Waals surface area (Å²) >= 11 is 0. The highest BCUT2D eigenvalue weighted by molar-refractivity contribution is 5.52. The second kappa shape index (κ2) is 5.34. The Kier molecular flexibility index (Phi) is 4.32. The highest BCUT2D eigenvalue weighted by Crippen LogP contribution is 2.35. The lowest BCUT2D eigenvalue weighted by Crippen LogP contribution is -2.12. The van der Waals surface area contributed by atoms with Crippen molar-refractivity contribution in [3.63, 3.8) is 0 Å².